The maximum atomic E-state index is 11.3. The number of morpholine rings is 1. The molecule has 6 heteroatoms. The molecule has 0 saturated carbocycles. The van der Waals surface area contributed by atoms with Gasteiger partial charge in [0.15, 0.2) is 0 Å². The Kier molecular flexibility index (Phi) is 3.76. The van der Waals surface area contributed by atoms with Gasteiger partial charge in [0.2, 0.25) is 0 Å². The number of hydrogen-bond donors (Lipinski definition) is 2. The van der Waals surface area contributed by atoms with Crippen LogP contribution in [0.2, 0.25) is 0 Å². The topological polar surface area (TPSA) is 85.0 Å². The zero-order valence-corrected chi connectivity index (χ0v) is 12.0. The number of hydrogen-bond acceptors (Lipinski definition) is 5. The lowest BCUT2D eigenvalue weighted by Crippen LogP contribution is -2.48. The van der Waals surface area contributed by atoms with Crippen LogP contribution in [0.5, 0.6) is 5.75 Å². The number of ether oxygens (including phenoxy) is 2. The van der Waals surface area contributed by atoms with Gasteiger partial charge in [0.1, 0.15) is 5.75 Å². The van der Waals surface area contributed by atoms with E-state index in [1.54, 1.807) is 12.1 Å². The maximum absolute atomic E-state index is 11.3. The molecule has 1 aliphatic rings. The van der Waals surface area contributed by atoms with Gasteiger partial charge < -0.3 is 25.2 Å². The summed E-state index contributed by atoms with van der Waals surface area (Å²) in [4.78, 5) is 13.4. The average molecular weight is 280 g/mol. The SMILES string of the molecule is COc1cc(N2CCOC(C)(C)C2)cc(C(=O)O)c1N. The molecule has 1 aromatic rings. The predicted molar refractivity (Wildman–Crippen MR) is 76.6 cm³/mol. The first-order valence-corrected chi connectivity index (χ1v) is 6.44. The minimum Gasteiger partial charge on any atom is -0.494 e. The highest BCUT2D eigenvalue weighted by atomic mass is 16.5. The molecule has 1 heterocycles. The van der Waals surface area contributed by atoms with Crippen LogP contribution in [0.3, 0.4) is 0 Å². The van der Waals surface area contributed by atoms with E-state index in [4.69, 9.17) is 15.2 Å². The number of nitrogens with two attached hydrogens (primary N) is 1. The molecule has 110 valence electrons. The van der Waals surface area contributed by atoms with Gasteiger partial charge >= 0.3 is 5.97 Å². The highest BCUT2D eigenvalue weighted by molar-refractivity contribution is 5.96. The largest absolute Gasteiger partial charge is 0.494 e. The van der Waals surface area contributed by atoms with Crippen LogP contribution in [0.1, 0.15) is 24.2 Å². The first-order valence-electron chi connectivity index (χ1n) is 6.44. The Balaban J connectivity index is 2.41. The van der Waals surface area contributed by atoms with E-state index in [9.17, 15) is 9.90 Å². The van der Waals surface area contributed by atoms with Gasteiger partial charge in [-0.05, 0) is 19.9 Å². The molecule has 0 radical (unpaired) electrons. The first kappa shape index (κ1) is 14.5. The van der Waals surface area contributed by atoms with Crippen LogP contribution in [-0.2, 0) is 4.74 Å². The molecule has 0 aromatic heterocycles. The molecule has 1 fully saturated rings. The molecule has 3 N–H and O–H groups in total. The van der Waals surface area contributed by atoms with E-state index in [2.05, 4.69) is 4.90 Å². The number of methoxy groups -OCH3 is 1. The number of carboxylic acids is 1. The van der Waals surface area contributed by atoms with Crippen LogP contribution in [-0.4, -0.2) is 43.5 Å². The van der Waals surface area contributed by atoms with Gasteiger partial charge in [-0.1, -0.05) is 0 Å². The average Bonchev–Trinajstić information content (AvgIpc) is 2.37. The first-order chi connectivity index (χ1) is 9.34. The standard InChI is InChI=1S/C14H20N2O4/c1-14(2)8-16(4-5-20-14)9-6-10(13(17)18)12(15)11(7-9)19-3/h6-7H,4-5,8,15H2,1-3H3,(H,17,18). The highest BCUT2D eigenvalue weighted by Gasteiger charge is 2.28. The van der Waals surface area contributed by atoms with Crippen molar-refractivity contribution >= 4 is 17.3 Å². The van der Waals surface area contributed by atoms with E-state index in [1.165, 1.54) is 7.11 Å². The Bertz CT molecular complexity index is 528. The Morgan fingerprint density at radius 1 is 1.50 bits per heavy atom. The number of carboxylic acid groups (broad SMARTS) is 1. The van der Waals surface area contributed by atoms with Crippen LogP contribution >= 0.6 is 0 Å². The summed E-state index contributed by atoms with van der Waals surface area (Å²) in [5.74, 6) is -0.681. The molecule has 2 rings (SSSR count). The number of benzene rings is 1. The fourth-order valence-electron chi connectivity index (χ4n) is 2.38. The van der Waals surface area contributed by atoms with Gasteiger partial charge in [-0.15, -0.1) is 0 Å². The summed E-state index contributed by atoms with van der Waals surface area (Å²) in [5, 5.41) is 9.23. The molecular weight excluding hydrogens is 260 g/mol. The van der Waals surface area contributed by atoms with E-state index in [1.807, 2.05) is 13.8 Å². The maximum Gasteiger partial charge on any atom is 0.338 e. The van der Waals surface area contributed by atoms with Crippen LogP contribution in [0, 0.1) is 0 Å². The van der Waals surface area contributed by atoms with E-state index < -0.39 is 5.97 Å². The van der Waals surface area contributed by atoms with Crippen molar-refractivity contribution in [1.29, 1.82) is 0 Å². The molecule has 1 saturated heterocycles. The van der Waals surface area contributed by atoms with Crippen molar-refractivity contribution in [2.75, 3.05) is 37.4 Å². The fourth-order valence-corrected chi connectivity index (χ4v) is 2.38. The van der Waals surface area contributed by atoms with Gasteiger partial charge in [0.05, 0.1) is 30.6 Å². The summed E-state index contributed by atoms with van der Waals surface area (Å²) in [6, 6.07) is 3.35. The Hall–Kier alpha value is -1.95. The van der Waals surface area contributed by atoms with Gasteiger partial charge in [-0.3, -0.25) is 0 Å². The second-order valence-corrected chi connectivity index (χ2v) is 5.44. The summed E-state index contributed by atoms with van der Waals surface area (Å²) >= 11 is 0. The van der Waals surface area contributed by atoms with Crippen LogP contribution < -0.4 is 15.4 Å². The number of aromatic carboxylic acids is 1. The van der Waals surface area contributed by atoms with Gasteiger partial charge in [-0.2, -0.15) is 0 Å². The van der Waals surface area contributed by atoms with Gasteiger partial charge in [0.25, 0.3) is 0 Å². The minimum atomic E-state index is -1.06. The highest BCUT2D eigenvalue weighted by Crippen LogP contribution is 2.33. The third kappa shape index (κ3) is 2.80. The number of anilines is 2. The summed E-state index contributed by atoms with van der Waals surface area (Å²) in [7, 11) is 1.48. The normalized spacial score (nSPS) is 17.9. The third-order valence-corrected chi connectivity index (χ3v) is 3.37. The van der Waals surface area contributed by atoms with E-state index in [-0.39, 0.29) is 16.9 Å². The number of nitrogens with zero attached hydrogens (tertiary/aromatic N) is 1. The van der Waals surface area contributed by atoms with Crippen molar-refractivity contribution < 1.29 is 19.4 Å². The van der Waals surface area contributed by atoms with E-state index in [0.29, 0.717) is 25.4 Å². The van der Waals surface area contributed by atoms with Crippen LogP contribution in [0.4, 0.5) is 11.4 Å². The van der Waals surface area contributed by atoms with Crippen molar-refractivity contribution in [2.24, 2.45) is 0 Å². The fraction of sp³-hybridized carbons (Fsp3) is 0.500. The van der Waals surface area contributed by atoms with Gasteiger partial charge in [-0.25, -0.2) is 4.79 Å². The molecule has 0 bridgehead atoms. The van der Waals surface area contributed by atoms with Crippen LogP contribution in [0.15, 0.2) is 12.1 Å². The summed E-state index contributed by atoms with van der Waals surface area (Å²) in [5.41, 5.74) is 6.52. The van der Waals surface area contributed by atoms with Gasteiger partial charge in [0, 0.05) is 24.8 Å². The molecule has 0 spiro atoms. The third-order valence-electron chi connectivity index (χ3n) is 3.37. The predicted octanol–water partition coefficient (Wildman–Crippen LogP) is 1.59. The molecule has 20 heavy (non-hydrogen) atoms. The lowest BCUT2D eigenvalue weighted by Gasteiger charge is -2.39. The smallest absolute Gasteiger partial charge is 0.338 e. The van der Waals surface area contributed by atoms with Crippen molar-refractivity contribution in [3.8, 4) is 5.75 Å². The molecule has 1 aliphatic heterocycles. The van der Waals surface area contributed by atoms with E-state index >= 15 is 0 Å². The molecule has 0 unspecified atom stereocenters. The van der Waals surface area contributed by atoms with Crippen LogP contribution in [0.25, 0.3) is 0 Å². The Morgan fingerprint density at radius 3 is 2.75 bits per heavy atom. The zero-order valence-electron chi connectivity index (χ0n) is 12.0. The minimum absolute atomic E-state index is 0.0589. The molecule has 6 nitrogen and oxygen atoms in total. The molecule has 0 aliphatic carbocycles. The second-order valence-electron chi connectivity index (χ2n) is 5.44. The number of carbonyl (C=O) groups is 1. The van der Waals surface area contributed by atoms with Crippen molar-refractivity contribution in [1.82, 2.24) is 0 Å². The summed E-state index contributed by atoms with van der Waals surface area (Å²) in [6.07, 6.45) is 0. The summed E-state index contributed by atoms with van der Waals surface area (Å²) in [6.45, 7) is 5.99. The van der Waals surface area contributed by atoms with E-state index in [0.717, 1.165) is 5.69 Å². The second kappa shape index (κ2) is 5.20. The van der Waals surface area contributed by atoms with Crippen molar-refractivity contribution in [3.63, 3.8) is 0 Å². The van der Waals surface area contributed by atoms with Crippen molar-refractivity contribution in [3.05, 3.63) is 17.7 Å². The lowest BCUT2D eigenvalue weighted by molar-refractivity contribution is -0.0277. The molecular formula is C14H20N2O4. The number of nitrogen functional groups attached to an aromatic ring is 1. The molecule has 0 amide bonds. The monoisotopic (exact) mass is 280 g/mol. The molecule has 1 aromatic carbocycles. The molecule has 0 atom stereocenters. The zero-order chi connectivity index (χ0) is 14.9. The van der Waals surface area contributed by atoms with Crippen molar-refractivity contribution in [2.45, 2.75) is 19.4 Å². The quantitative estimate of drug-likeness (QED) is 0.818. The Morgan fingerprint density at radius 2 is 2.20 bits per heavy atom. The summed E-state index contributed by atoms with van der Waals surface area (Å²) < 4.78 is 10.8. The number of rotatable bonds is 3. The lowest BCUT2D eigenvalue weighted by atomic mass is 10.1. The Labute approximate surface area is 118 Å².